The SMILES string of the molecule is CCc1cc(Br)ccc1NC(=O)c1ccc(NC)cc1. The first-order chi connectivity index (χ1) is 9.63. The fourth-order valence-corrected chi connectivity index (χ4v) is 2.37. The maximum absolute atomic E-state index is 12.2. The van der Waals surface area contributed by atoms with Crippen molar-refractivity contribution >= 4 is 33.2 Å². The van der Waals surface area contributed by atoms with Gasteiger partial charge in [-0.15, -0.1) is 0 Å². The Morgan fingerprint density at radius 2 is 1.85 bits per heavy atom. The number of hydrogen-bond acceptors (Lipinski definition) is 2. The average Bonchev–Trinajstić information content (AvgIpc) is 2.49. The van der Waals surface area contributed by atoms with Crippen LogP contribution >= 0.6 is 15.9 Å². The Morgan fingerprint density at radius 1 is 1.15 bits per heavy atom. The van der Waals surface area contributed by atoms with E-state index < -0.39 is 0 Å². The predicted molar refractivity (Wildman–Crippen MR) is 87.5 cm³/mol. The number of halogens is 1. The van der Waals surface area contributed by atoms with Crippen LogP contribution in [0.2, 0.25) is 0 Å². The normalized spacial score (nSPS) is 10.2. The van der Waals surface area contributed by atoms with Crippen molar-refractivity contribution in [1.82, 2.24) is 0 Å². The topological polar surface area (TPSA) is 41.1 Å². The molecule has 0 aliphatic carbocycles. The summed E-state index contributed by atoms with van der Waals surface area (Å²) in [6.07, 6.45) is 0.869. The van der Waals surface area contributed by atoms with E-state index in [2.05, 4.69) is 33.5 Å². The highest BCUT2D eigenvalue weighted by atomic mass is 79.9. The van der Waals surface area contributed by atoms with Gasteiger partial charge in [0.2, 0.25) is 0 Å². The standard InChI is InChI=1S/C16H17BrN2O/c1-3-11-10-13(17)6-9-15(11)19-16(20)12-4-7-14(18-2)8-5-12/h4-10,18H,3H2,1-2H3,(H,19,20). The molecular weight excluding hydrogens is 316 g/mol. The number of carbonyl (C=O) groups excluding carboxylic acids is 1. The van der Waals surface area contributed by atoms with E-state index in [1.165, 1.54) is 0 Å². The summed E-state index contributed by atoms with van der Waals surface area (Å²) in [5.41, 5.74) is 3.60. The Balaban J connectivity index is 2.18. The molecule has 3 nitrogen and oxygen atoms in total. The van der Waals surface area contributed by atoms with E-state index in [-0.39, 0.29) is 5.91 Å². The van der Waals surface area contributed by atoms with Crippen molar-refractivity contribution < 1.29 is 4.79 Å². The molecule has 0 saturated heterocycles. The van der Waals surface area contributed by atoms with E-state index >= 15 is 0 Å². The number of nitrogens with one attached hydrogen (secondary N) is 2. The van der Waals surface area contributed by atoms with Gasteiger partial charge in [0.15, 0.2) is 0 Å². The van der Waals surface area contributed by atoms with Crippen LogP contribution in [-0.4, -0.2) is 13.0 Å². The molecule has 1 amide bonds. The van der Waals surface area contributed by atoms with Gasteiger partial charge in [0.05, 0.1) is 0 Å². The van der Waals surface area contributed by atoms with Gasteiger partial charge in [-0.3, -0.25) is 4.79 Å². The Labute approximate surface area is 127 Å². The average molecular weight is 333 g/mol. The summed E-state index contributed by atoms with van der Waals surface area (Å²) >= 11 is 3.44. The monoisotopic (exact) mass is 332 g/mol. The Hall–Kier alpha value is -1.81. The van der Waals surface area contributed by atoms with Crippen LogP contribution in [0.25, 0.3) is 0 Å². The van der Waals surface area contributed by atoms with Gasteiger partial charge >= 0.3 is 0 Å². The molecule has 0 fully saturated rings. The highest BCUT2D eigenvalue weighted by Crippen LogP contribution is 2.22. The van der Waals surface area contributed by atoms with Gasteiger partial charge < -0.3 is 10.6 Å². The first-order valence-corrected chi connectivity index (χ1v) is 7.31. The molecular formula is C16H17BrN2O. The van der Waals surface area contributed by atoms with Crippen molar-refractivity contribution in [2.75, 3.05) is 17.7 Å². The van der Waals surface area contributed by atoms with Crippen molar-refractivity contribution in [3.05, 3.63) is 58.1 Å². The largest absolute Gasteiger partial charge is 0.388 e. The minimum atomic E-state index is -0.0929. The Morgan fingerprint density at radius 3 is 2.45 bits per heavy atom. The van der Waals surface area contributed by atoms with Crippen molar-refractivity contribution in [3.8, 4) is 0 Å². The third kappa shape index (κ3) is 3.39. The second-order valence-electron chi connectivity index (χ2n) is 4.44. The number of hydrogen-bond donors (Lipinski definition) is 2. The zero-order valence-electron chi connectivity index (χ0n) is 11.5. The van der Waals surface area contributed by atoms with Crippen LogP contribution < -0.4 is 10.6 Å². The maximum Gasteiger partial charge on any atom is 0.255 e. The lowest BCUT2D eigenvalue weighted by Gasteiger charge is -2.11. The van der Waals surface area contributed by atoms with Crippen LogP contribution in [-0.2, 0) is 6.42 Å². The van der Waals surface area contributed by atoms with Crippen molar-refractivity contribution in [1.29, 1.82) is 0 Å². The molecule has 2 aromatic rings. The molecule has 0 aromatic heterocycles. The lowest BCUT2D eigenvalue weighted by Crippen LogP contribution is -2.13. The summed E-state index contributed by atoms with van der Waals surface area (Å²) in [5.74, 6) is -0.0929. The Bertz CT molecular complexity index is 608. The van der Waals surface area contributed by atoms with Crippen LogP contribution in [0.3, 0.4) is 0 Å². The molecule has 0 spiro atoms. The number of carbonyl (C=O) groups is 1. The van der Waals surface area contributed by atoms with E-state index in [1.54, 1.807) is 0 Å². The minimum absolute atomic E-state index is 0.0929. The second-order valence-corrected chi connectivity index (χ2v) is 5.35. The van der Waals surface area contributed by atoms with Gasteiger partial charge in [0.1, 0.15) is 0 Å². The quantitative estimate of drug-likeness (QED) is 0.876. The summed E-state index contributed by atoms with van der Waals surface area (Å²) in [6, 6.07) is 13.3. The molecule has 104 valence electrons. The van der Waals surface area contributed by atoms with Crippen LogP contribution in [0.1, 0.15) is 22.8 Å². The summed E-state index contributed by atoms with van der Waals surface area (Å²) in [6.45, 7) is 2.07. The molecule has 20 heavy (non-hydrogen) atoms. The molecule has 0 unspecified atom stereocenters. The first kappa shape index (κ1) is 14.6. The number of aryl methyl sites for hydroxylation is 1. The minimum Gasteiger partial charge on any atom is -0.388 e. The van der Waals surface area contributed by atoms with Gasteiger partial charge in [0, 0.05) is 28.5 Å². The lowest BCUT2D eigenvalue weighted by atomic mass is 10.1. The lowest BCUT2D eigenvalue weighted by molar-refractivity contribution is 0.102. The predicted octanol–water partition coefficient (Wildman–Crippen LogP) is 4.31. The highest BCUT2D eigenvalue weighted by molar-refractivity contribution is 9.10. The molecule has 4 heteroatoms. The van der Waals surface area contributed by atoms with Crippen LogP contribution in [0.4, 0.5) is 11.4 Å². The zero-order valence-corrected chi connectivity index (χ0v) is 13.1. The van der Waals surface area contributed by atoms with Crippen molar-refractivity contribution in [2.45, 2.75) is 13.3 Å². The summed E-state index contributed by atoms with van der Waals surface area (Å²) in [5, 5.41) is 5.99. The molecule has 2 N–H and O–H groups in total. The van der Waals surface area contributed by atoms with Gasteiger partial charge in [0.25, 0.3) is 5.91 Å². The fourth-order valence-electron chi connectivity index (χ4n) is 1.96. The van der Waals surface area contributed by atoms with Gasteiger partial charge in [-0.2, -0.15) is 0 Å². The van der Waals surface area contributed by atoms with Gasteiger partial charge in [-0.05, 0) is 54.4 Å². The van der Waals surface area contributed by atoms with Gasteiger partial charge in [-0.1, -0.05) is 22.9 Å². The third-order valence-electron chi connectivity index (χ3n) is 3.13. The van der Waals surface area contributed by atoms with E-state index in [9.17, 15) is 4.79 Å². The number of anilines is 2. The Kier molecular flexibility index (Phi) is 4.79. The summed E-state index contributed by atoms with van der Waals surface area (Å²) in [7, 11) is 1.85. The number of amides is 1. The van der Waals surface area contributed by atoms with Crippen molar-refractivity contribution in [3.63, 3.8) is 0 Å². The molecule has 2 aromatic carbocycles. The summed E-state index contributed by atoms with van der Waals surface area (Å²) in [4.78, 5) is 12.2. The molecule has 0 radical (unpaired) electrons. The van der Waals surface area contributed by atoms with E-state index in [4.69, 9.17) is 0 Å². The number of rotatable bonds is 4. The second kappa shape index (κ2) is 6.57. The van der Waals surface area contributed by atoms with E-state index in [0.717, 1.165) is 27.8 Å². The molecule has 0 atom stereocenters. The first-order valence-electron chi connectivity index (χ1n) is 6.51. The molecule has 0 aliphatic rings. The highest BCUT2D eigenvalue weighted by Gasteiger charge is 2.08. The molecule has 0 aliphatic heterocycles. The van der Waals surface area contributed by atoms with Crippen LogP contribution in [0, 0.1) is 0 Å². The van der Waals surface area contributed by atoms with Crippen LogP contribution in [0.15, 0.2) is 46.9 Å². The van der Waals surface area contributed by atoms with E-state index in [1.807, 2.05) is 49.5 Å². The number of benzene rings is 2. The molecule has 0 saturated carbocycles. The summed E-state index contributed by atoms with van der Waals surface area (Å²) < 4.78 is 1.02. The molecule has 2 rings (SSSR count). The fraction of sp³-hybridized carbons (Fsp3) is 0.188. The molecule has 0 bridgehead atoms. The van der Waals surface area contributed by atoms with Gasteiger partial charge in [-0.25, -0.2) is 0 Å². The smallest absolute Gasteiger partial charge is 0.255 e. The maximum atomic E-state index is 12.2. The third-order valence-corrected chi connectivity index (χ3v) is 3.63. The molecule has 0 heterocycles. The van der Waals surface area contributed by atoms with Crippen LogP contribution in [0.5, 0.6) is 0 Å². The van der Waals surface area contributed by atoms with Crippen molar-refractivity contribution in [2.24, 2.45) is 0 Å². The van der Waals surface area contributed by atoms with E-state index in [0.29, 0.717) is 5.56 Å². The zero-order chi connectivity index (χ0) is 14.5.